The lowest BCUT2D eigenvalue weighted by Gasteiger charge is -1.93. The molecule has 1 aromatic rings. The van der Waals surface area contributed by atoms with Gasteiger partial charge in [-0.3, -0.25) is 0 Å². The third-order valence-electron chi connectivity index (χ3n) is 0.931. The molecule has 1 heterocycles. The Labute approximate surface area is 70.1 Å². The molecule has 0 bridgehead atoms. The Morgan fingerprint density at radius 1 is 1.50 bits per heavy atom. The molecule has 0 fully saturated rings. The number of nitrogens with two attached hydrogens (primary N) is 1. The summed E-state index contributed by atoms with van der Waals surface area (Å²) in [5, 5.41) is 9.57. The molecule has 0 saturated heterocycles. The minimum atomic E-state index is 0. The van der Waals surface area contributed by atoms with Crippen molar-refractivity contribution in [3.8, 4) is 0 Å². The van der Waals surface area contributed by atoms with Crippen molar-refractivity contribution in [2.24, 2.45) is 5.73 Å². The van der Waals surface area contributed by atoms with Crippen molar-refractivity contribution in [2.45, 2.75) is 19.9 Å². The second-order valence-electron chi connectivity index (χ2n) is 1.95. The summed E-state index contributed by atoms with van der Waals surface area (Å²) in [7, 11) is 0. The van der Waals surface area contributed by atoms with Crippen molar-refractivity contribution in [1.82, 2.24) is 10.2 Å². The van der Waals surface area contributed by atoms with Crippen molar-refractivity contribution in [3.63, 3.8) is 0 Å². The lowest BCUT2D eigenvalue weighted by molar-refractivity contribution is 0.784. The first kappa shape index (κ1) is 9.81. The zero-order valence-electron chi connectivity index (χ0n) is 5.87. The fraction of sp³-hybridized carbons (Fsp3) is 0.600. The largest absolute Gasteiger partial charge is 0.322 e. The summed E-state index contributed by atoms with van der Waals surface area (Å²) in [6.07, 6.45) is 0. The predicted octanol–water partition coefficient (Wildman–Crippen LogP) is 1.29. The van der Waals surface area contributed by atoms with Gasteiger partial charge in [-0.05, 0) is 13.8 Å². The van der Waals surface area contributed by atoms with Crippen molar-refractivity contribution in [3.05, 3.63) is 10.0 Å². The van der Waals surface area contributed by atoms with Crippen LogP contribution >= 0.6 is 23.7 Å². The number of nitrogens with zero attached hydrogens (tertiary/aromatic N) is 2. The van der Waals surface area contributed by atoms with E-state index in [1.165, 1.54) is 0 Å². The molecule has 10 heavy (non-hydrogen) atoms. The van der Waals surface area contributed by atoms with Gasteiger partial charge < -0.3 is 5.73 Å². The molecule has 1 aromatic heterocycles. The van der Waals surface area contributed by atoms with E-state index in [0.717, 1.165) is 10.0 Å². The Hall–Kier alpha value is -0.190. The van der Waals surface area contributed by atoms with Gasteiger partial charge in [0.2, 0.25) is 0 Å². The zero-order valence-corrected chi connectivity index (χ0v) is 7.50. The van der Waals surface area contributed by atoms with Crippen LogP contribution in [0.25, 0.3) is 0 Å². The first-order chi connectivity index (χ1) is 4.20. The molecule has 1 rings (SSSR count). The minimum Gasteiger partial charge on any atom is -0.322 e. The van der Waals surface area contributed by atoms with E-state index in [2.05, 4.69) is 10.2 Å². The standard InChI is InChI=1S/C5H9N3S.ClH/c1-3(6)5-8-7-4(2)9-5;/h3H,6H2,1-2H3;1H/t3-;/m1./s1. The molecule has 0 radical (unpaired) electrons. The lowest BCUT2D eigenvalue weighted by atomic mass is 10.4. The van der Waals surface area contributed by atoms with Gasteiger partial charge in [-0.15, -0.1) is 33.9 Å². The number of aryl methyl sites for hydroxylation is 1. The van der Waals surface area contributed by atoms with Gasteiger partial charge in [0.15, 0.2) is 0 Å². The maximum atomic E-state index is 5.53. The molecule has 5 heteroatoms. The number of aromatic nitrogens is 2. The summed E-state index contributed by atoms with van der Waals surface area (Å²) in [5.74, 6) is 0. The van der Waals surface area contributed by atoms with Crippen LogP contribution in [0, 0.1) is 6.92 Å². The van der Waals surface area contributed by atoms with Crippen molar-refractivity contribution >= 4 is 23.7 Å². The van der Waals surface area contributed by atoms with Crippen LogP contribution in [0.15, 0.2) is 0 Å². The molecule has 0 aliphatic rings. The molecule has 0 spiro atoms. The second kappa shape index (κ2) is 3.85. The number of hydrogen-bond donors (Lipinski definition) is 1. The van der Waals surface area contributed by atoms with Gasteiger partial charge >= 0.3 is 0 Å². The van der Waals surface area contributed by atoms with Crippen molar-refractivity contribution in [2.75, 3.05) is 0 Å². The van der Waals surface area contributed by atoms with Crippen LogP contribution in [-0.4, -0.2) is 10.2 Å². The van der Waals surface area contributed by atoms with E-state index >= 15 is 0 Å². The third kappa shape index (κ3) is 2.21. The highest BCUT2D eigenvalue weighted by molar-refractivity contribution is 7.11. The van der Waals surface area contributed by atoms with Crippen LogP contribution in [0.5, 0.6) is 0 Å². The maximum Gasteiger partial charge on any atom is 0.133 e. The van der Waals surface area contributed by atoms with Crippen LogP contribution < -0.4 is 5.73 Å². The molecule has 1 atom stereocenters. The van der Waals surface area contributed by atoms with Crippen LogP contribution in [0.2, 0.25) is 0 Å². The molecule has 58 valence electrons. The molecular formula is C5H10ClN3S. The molecule has 0 aliphatic heterocycles. The molecule has 0 aromatic carbocycles. The molecule has 2 N–H and O–H groups in total. The van der Waals surface area contributed by atoms with E-state index < -0.39 is 0 Å². The highest BCUT2D eigenvalue weighted by Gasteiger charge is 2.03. The van der Waals surface area contributed by atoms with E-state index in [-0.39, 0.29) is 18.4 Å². The van der Waals surface area contributed by atoms with E-state index in [9.17, 15) is 0 Å². The summed E-state index contributed by atoms with van der Waals surface area (Å²) in [4.78, 5) is 0. The summed E-state index contributed by atoms with van der Waals surface area (Å²) < 4.78 is 0. The summed E-state index contributed by atoms with van der Waals surface area (Å²) >= 11 is 1.55. The number of rotatable bonds is 1. The van der Waals surface area contributed by atoms with Gasteiger partial charge in [0.25, 0.3) is 0 Å². The quantitative estimate of drug-likeness (QED) is 0.707. The maximum absolute atomic E-state index is 5.53. The van der Waals surface area contributed by atoms with Crippen LogP contribution in [0.4, 0.5) is 0 Å². The first-order valence-electron chi connectivity index (χ1n) is 2.75. The number of hydrogen-bond acceptors (Lipinski definition) is 4. The molecular weight excluding hydrogens is 170 g/mol. The summed E-state index contributed by atoms with van der Waals surface area (Å²) in [5.41, 5.74) is 5.53. The predicted molar refractivity (Wildman–Crippen MR) is 44.5 cm³/mol. The van der Waals surface area contributed by atoms with E-state index in [0.29, 0.717) is 0 Å². The van der Waals surface area contributed by atoms with Gasteiger partial charge in [-0.1, -0.05) is 0 Å². The molecule has 0 aliphatic carbocycles. The Morgan fingerprint density at radius 2 is 2.10 bits per heavy atom. The number of halogens is 1. The Kier molecular flexibility index (Phi) is 3.78. The summed E-state index contributed by atoms with van der Waals surface area (Å²) in [6.45, 7) is 3.82. The Balaban J connectivity index is 0.000000810. The van der Waals surface area contributed by atoms with Gasteiger partial charge in [0.05, 0.1) is 6.04 Å². The average Bonchev–Trinajstić information content (AvgIpc) is 2.14. The Bertz CT molecular complexity index is 199. The smallest absolute Gasteiger partial charge is 0.133 e. The Morgan fingerprint density at radius 3 is 2.30 bits per heavy atom. The van der Waals surface area contributed by atoms with Crippen molar-refractivity contribution < 1.29 is 0 Å². The minimum absolute atomic E-state index is 0. The van der Waals surface area contributed by atoms with Crippen molar-refractivity contribution in [1.29, 1.82) is 0 Å². The molecule has 0 saturated carbocycles. The first-order valence-corrected chi connectivity index (χ1v) is 3.57. The monoisotopic (exact) mass is 179 g/mol. The SMILES string of the molecule is Cc1nnc([C@@H](C)N)s1.Cl. The van der Waals surface area contributed by atoms with Gasteiger partial charge in [0, 0.05) is 0 Å². The summed E-state index contributed by atoms with van der Waals surface area (Å²) in [6, 6.07) is 0.0243. The normalized spacial score (nSPS) is 12.3. The van der Waals surface area contributed by atoms with E-state index in [1.54, 1.807) is 11.3 Å². The second-order valence-corrected chi connectivity index (χ2v) is 3.16. The third-order valence-corrected chi connectivity index (χ3v) is 1.97. The van der Waals surface area contributed by atoms with Gasteiger partial charge in [0.1, 0.15) is 10.0 Å². The van der Waals surface area contributed by atoms with Crippen LogP contribution in [0.3, 0.4) is 0 Å². The molecule has 3 nitrogen and oxygen atoms in total. The van der Waals surface area contributed by atoms with Crippen LogP contribution in [0.1, 0.15) is 23.0 Å². The van der Waals surface area contributed by atoms with E-state index in [4.69, 9.17) is 5.73 Å². The zero-order chi connectivity index (χ0) is 6.85. The van der Waals surface area contributed by atoms with E-state index in [1.807, 2.05) is 13.8 Å². The van der Waals surface area contributed by atoms with Gasteiger partial charge in [-0.25, -0.2) is 0 Å². The highest BCUT2D eigenvalue weighted by Crippen LogP contribution is 2.13. The fourth-order valence-electron chi connectivity index (χ4n) is 0.496. The topological polar surface area (TPSA) is 51.8 Å². The lowest BCUT2D eigenvalue weighted by Crippen LogP contribution is -2.03. The van der Waals surface area contributed by atoms with Gasteiger partial charge in [-0.2, -0.15) is 0 Å². The average molecular weight is 180 g/mol. The molecule has 0 amide bonds. The fourth-order valence-corrected chi connectivity index (χ4v) is 1.15. The molecule has 0 unspecified atom stereocenters. The van der Waals surface area contributed by atoms with Crippen LogP contribution in [-0.2, 0) is 0 Å². The highest BCUT2D eigenvalue weighted by atomic mass is 35.5.